The molecule has 0 bridgehead atoms. The number of aromatic hydroxyl groups is 1. The number of hydrogen-bond acceptors (Lipinski definition) is 3. The average molecular weight is 251 g/mol. The van der Waals surface area contributed by atoms with Crippen LogP contribution in [-0.4, -0.2) is 28.8 Å². The molecule has 0 spiro atoms. The Hall–Kier alpha value is -1.55. The molecule has 0 aromatic heterocycles. The van der Waals surface area contributed by atoms with Gasteiger partial charge in [0.15, 0.2) is 0 Å². The normalized spacial score (nSPS) is 12.1. The molecule has 1 aromatic rings. The van der Waals surface area contributed by atoms with E-state index in [0.29, 0.717) is 19.4 Å². The molecule has 0 aliphatic rings. The van der Waals surface area contributed by atoms with E-state index in [4.69, 9.17) is 5.11 Å². The highest BCUT2D eigenvalue weighted by molar-refractivity contribution is 5.80. The molecule has 0 saturated heterocycles. The highest BCUT2D eigenvalue weighted by atomic mass is 16.3. The number of benzene rings is 1. The van der Waals surface area contributed by atoms with E-state index < -0.39 is 6.10 Å². The van der Waals surface area contributed by atoms with E-state index in [0.717, 1.165) is 18.4 Å². The first-order valence-corrected chi connectivity index (χ1v) is 6.37. The van der Waals surface area contributed by atoms with Gasteiger partial charge in [-0.1, -0.05) is 31.9 Å². The lowest BCUT2D eigenvalue weighted by atomic mass is 10.1. The van der Waals surface area contributed by atoms with Crippen molar-refractivity contribution in [3.8, 4) is 5.75 Å². The van der Waals surface area contributed by atoms with E-state index in [-0.39, 0.29) is 11.7 Å². The van der Waals surface area contributed by atoms with Crippen molar-refractivity contribution >= 4 is 5.91 Å². The van der Waals surface area contributed by atoms with E-state index in [1.54, 1.807) is 12.1 Å². The van der Waals surface area contributed by atoms with Crippen LogP contribution >= 0.6 is 0 Å². The van der Waals surface area contributed by atoms with Crippen LogP contribution in [-0.2, 0) is 11.2 Å². The maximum absolute atomic E-state index is 11.5. The molecule has 100 valence electrons. The molecule has 1 aromatic carbocycles. The lowest BCUT2D eigenvalue weighted by Crippen LogP contribution is -2.35. The molecule has 4 nitrogen and oxygen atoms in total. The molecule has 4 heteroatoms. The number of hydrogen-bond donors (Lipinski definition) is 3. The minimum absolute atomic E-state index is 0.234. The molecule has 1 atom stereocenters. The second-order valence-electron chi connectivity index (χ2n) is 4.37. The fraction of sp³-hybridized carbons (Fsp3) is 0.500. The second kappa shape index (κ2) is 7.71. The molecule has 0 saturated carbocycles. The van der Waals surface area contributed by atoms with Gasteiger partial charge in [0.2, 0.25) is 5.91 Å². The van der Waals surface area contributed by atoms with Gasteiger partial charge in [-0.15, -0.1) is 0 Å². The monoisotopic (exact) mass is 251 g/mol. The maximum Gasteiger partial charge on any atom is 0.248 e. The van der Waals surface area contributed by atoms with Crippen LogP contribution in [0, 0.1) is 0 Å². The van der Waals surface area contributed by atoms with Crippen molar-refractivity contribution in [1.29, 1.82) is 0 Å². The molecule has 0 aliphatic heterocycles. The van der Waals surface area contributed by atoms with E-state index in [2.05, 4.69) is 5.32 Å². The van der Waals surface area contributed by atoms with Crippen LogP contribution in [0.3, 0.4) is 0 Å². The fourth-order valence-electron chi connectivity index (χ4n) is 1.64. The number of aliphatic hydroxyl groups is 1. The SMILES string of the molecule is CCCCC(O)C(=O)NCCc1ccc(O)cc1. The molecule has 18 heavy (non-hydrogen) atoms. The van der Waals surface area contributed by atoms with Crippen LogP contribution in [0.25, 0.3) is 0 Å². The van der Waals surface area contributed by atoms with Gasteiger partial charge >= 0.3 is 0 Å². The number of phenolic OH excluding ortho intramolecular Hbond substituents is 1. The Bertz CT molecular complexity index is 362. The Morgan fingerprint density at radius 3 is 2.61 bits per heavy atom. The lowest BCUT2D eigenvalue weighted by Gasteiger charge is -2.10. The van der Waals surface area contributed by atoms with Gasteiger partial charge in [0.05, 0.1) is 0 Å². The molecule has 1 unspecified atom stereocenters. The Labute approximate surface area is 108 Å². The third-order valence-corrected chi connectivity index (χ3v) is 2.78. The summed E-state index contributed by atoms with van der Waals surface area (Å²) in [5, 5.41) is 21.4. The van der Waals surface area contributed by atoms with Crippen molar-refractivity contribution in [1.82, 2.24) is 5.32 Å². The van der Waals surface area contributed by atoms with Crippen LogP contribution in [0.2, 0.25) is 0 Å². The standard InChI is InChI=1S/C14H21NO3/c1-2-3-4-13(17)14(18)15-10-9-11-5-7-12(16)8-6-11/h5-8,13,16-17H,2-4,9-10H2,1H3,(H,15,18). The predicted octanol–water partition coefficient (Wildman–Crippen LogP) is 1.60. The summed E-state index contributed by atoms with van der Waals surface area (Å²) in [7, 11) is 0. The maximum atomic E-state index is 11.5. The number of phenols is 1. The number of aliphatic hydroxyl groups excluding tert-OH is 1. The highest BCUT2D eigenvalue weighted by Gasteiger charge is 2.12. The molecule has 0 fully saturated rings. The number of nitrogens with one attached hydrogen (secondary N) is 1. The summed E-state index contributed by atoms with van der Waals surface area (Å²) in [6.07, 6.45) is 2.13. The van der Waals surface area contributed by atoms with Crippen LogP contribution in [0.15, 0.2) is 24.3 Å². The summed E-state index contributed by atoms with van der Waals surface area (Å²) in [6.45, 7) is 2.52. The van der Waals surface area contributed by atoms with Gasteiger partial charge in [0.1, 0.15) is 11.9 Å². The van der Waals surface area contributed by atoms with Crippen molar-refractivity contribution < 1.29 is 15.0 Å². The Morgan fingerprint density at radius 1 is 1.33 bits per heavy atom. The van der Waals surface area contributed by atoms with Crippen LogP contribution < -0.4 is 5.32 Å². The summed E-state index contributed by atoms with van der Waals surface area (Å²) in [5.41, 5.74) is 1.04. The Kier molecular flexibility index (Phi) is 6.22. The average Bonchev–Trinajstić information content (AvgIpc) is 2.38. The smallest absolute Gasteiger partial charge is 0.248 e. The third-order valence-electron chi connectivity index (χ3n) is 2.78. The quantitative estimate of drug-likeness (QED) is 0.689. The van der Waals surface area contributed by atoms with Crippen molar-refractivity contribution in [3.63, 3.8) is 0 Å². The van der Waals surface area contributed by atoms with Crippen molar-refractivity contribution in [3.05, 3.63) is 29.8 Å². The minimum atomic E-state index is -0.898. The van der Waals surface area contributed by atoms with Gasteiger partial charge < -0.3 is 15.5 Å². The molecule has 3 N–H and O–H groups in total. The van der Waals surface area contributed by atoms with Gasteiger partial charge in [0.25, 0.3) is 0 Å². The first-order valence-electron chi connectivity index (χ1n) is 6.37. The summed E-state index contributed by atoms with van der Waals surface area (Å²) in [6, 6.07) is 6.87. The fourth-order valence-corrected chi connectivity index (χ4v) is 1.64. The molecular weight excluding hydrogens is 230 g/mol. The summed E-state index contributed by atoms with van der Waals surface area (Å²) in [4.78, 5) is 11.5. The van der Waals surface area contributed by atoms with E-state index in [1.807, 2.05) is 19.1 Å². The van der Waals surface area contributed by atoms with Gasteiger partial charge in [-0.3, -0.25) is 4.79 Å². The van der Waals surface area contributed by atoms with E-state index in [1.165, 1.54) is 0 Å². The number of carbonyl (C=O) groups is 1. The Morgan fingerprint density at radius 2 is 2.00 bits per heavy atom. The van der Waals surface area contributed by atoms with Crippen molar-refractivity contribution in [2.45, 2.75) is 38.7 Å². The van der Waals surface area contributed by atoms with Gasteiger partial charge in [-0.2, -0.15) is 0 Å². The van der Waals surface area contributed by atoms with E-state index >= 15 is 0 Å². The zero-order chi connectivity index (χ0) is 13.4. The minimum Gasteiger partial charge on any atom is -0.508 e. The zero-order valence-corrected chi connectivity index (χ0v) is 10.7. The van der Waals surface area contributed by atoms with Crippen LogP contribution in [0.5, 0.6) is 5.75 Å². The number of unbranched alkanes of at least 4 members (excludes halogenated alkanes) is 1. The zero-order valence-electron chi connectivity index (χ0n) is 10.7. The van der Waals surface area contributed by atoms with Gasteiger partial charge in [-0.25, -0.2) is 0 Å². The molecule has 0 radical (unpaired) electrons. The summed E-state index contributed by atoms with van der Waals surface area (Å²) < 4.78 is 0. The van der Waals surface area contributed by atoms with Crippen LogP contribution in [0.4, 0.5) is 0 Å². The molecule has 1 amide bonds. The van der Waals surface area contributed by atoms with Crippen LogP contribution in [0.1, 0.15) is 31.7 Å². The largest absolute Gasteiger partial charge is 0.508 e. The lowest BCUT2D eigenvalue weighted by molar-refractivity contribution is -0.129. The highest BCUT2D eigenvalue weighted by Crippen LogP contribution is 2.09. The molecular formula is C14H21NO3. The summed E-state index contributed by atoms with van der Waals surface area (Å²) >= 11 is 0. The summed E-state index contributed by atoms with van der Waals surface area (Å²) in [5.74, 6) is -0.0694. The molecule has 0 aliphatic carbocycles. The second-order valence-corrected chi connectivity index (χ2v) is 4.37. The van der Waals surface area contributed by atoms with Crippen molar-refractivity contribution in [2.24, 2.45) is 0 Å². The first-order chi connectivity index (χ1) is 8.63. The molecule has 1 rings (SSSR count). The van der Waals surface area contributed by atoms with E-state index in [9.17, 15) is 9.90 Å². The van der Waals surface area contributed by atoms with Crippen molar-refractivity contribution in [2.75, 3.05) is 6.54 Å². The Balaban J connectivity index is 2.24. The first kappa shape index (κ1) is 14.5. The number of amides is 1. The third kappa shape index (κ3) is 5.19. The van der Waals surface area contributed by atoms with Gasteiger partial charge in [0, 0.05) is 6.54 Å². The number of rotatable bonds is 7. The predicted molar refractivity (Wildman–Crippen MR) is 70.4 cm³/mol. The van der Waals surface area contributed by atoms with Gasteiger partial charge in [-0.05, 0) is 30.5 Å². The molecule has 0 heterocycles. The topological polar surface area (TPSA) is 69.6 Å². The number of carbonyl (C=O) groups excluding carboxylic acids is 1.